The summed E-state index contributed by atoms with van der Waals surface area (Å²) in [7, 11) is 0. The molecule has 0 spiro atoms. The molecule has 0 aliphatic carbocycles. The fourth-order valence-corrected chi connectivity index (χ4v) is 3.46. The van der Waals surface area contributed by atoms with Crippen molar-refractivity contribution in [2.45, 2.75) is 31.5 Å². The minimum atomic E-state index is 0.754. The van der Waals surface area contributed by atoms with Crippen LogP contribution in [-0.4, -0.2) is 41.5 Å². The van der Waals surface area contributed by atoms with Crippen LogP contribution in [0.4, 0.5) is 0 Å². The molecule has 2 saturated heterocycles. The highest BCUT2D eigenvalue weighted by molar-refractivity contribution is 5.15. The average molecular weight is 242 g/mol. The molecular weight excluding hydrogens is 220 g/mol. The Morgan fingerprint density at radius 2 is 1.78 bits per heavy atom. The van der Waals surface area contributed by atoms with E-state index in [4.69, 9.17) is 0 Å². The maximum Gasteiger partial charge on any atom is 0.0240 e. The van der Waals surface area contributed by atoms with Crippen molar-refractivity contribution in [3.8, 4) is 0 Å². The van der Waals surface area contributed by atoms with Crippen molar-refractivity contribution in [2.24, 2.45) is 0 Å². The lowest BCUT2D eigenvalue weighted by Gasteiger charge is -2.40. The van der Waals surface area contributed by atoms with Crippen molar-refractivity contribution >= 4 is 0 Å². The van der Waals surface area contributed by atoms with Gasteiger partial charge in [0.1, 0.15) is 0 Å². The molecule has 2 nitrogen and oxygen atoms in total. The number of benzene rings is 1. The van der Waals surface area contributed by atoms with E-state index in [-0.39, 0.29) is 0 Å². The third-order valence-corrected chi connectivity index (χ3v) is 4.30. The Balaban J connectivity index is 1.67. The lowest BCUT2D eigenvalue weighted by Crippen LogP contribution is -2.53. The Labute approximate surface area is 110 Å². The van der Waals surface area contributed by atoms with Gasteiger partial charge in [0.05, 0.1) is 0 Å². The van der Waals surface area contributed by atoms with Crippen LogP contribution in [0.15, 0.2) is 43.0 Å². The summed E-state index contributed by atoms with van der Waals surface area (Å²) in [6.07, 6.45) is 4.77. The number of hydrogen-bond acceptors (Lipinski definition) is 2. The maximum atomic E-state index is 3.86. The summed E-state index contributed by atoms with van der Waals surface area (Å²) in [6.45, 7) is 8.46. The molecule has 1 aromatic carbocycles. The van der Waals surface area contributed by atoms with Gasteiger partial charge in [0.2, 0.25) is 0 Å². The zero-order valence-electron chi connectivity index (χ0n) is 11.0. The van der Waals surface area contributed by atoms with Gasteiger partial charge in [-0.2, -0.15) is 0 Å². The van der Waals surface area contributed by atoms with Gasteiger partial charge in [-0.15, -0.1) is 6.58 Å². The SMILES string of the molecule is C=CCN1C[C@H]2CC[C@@H](C1)N2Cc1ccccc1. The van der Waals surface area contributed by atoms with Crippen LogP contribution in [0.25, 0.3) is 0 Å². The summed E-state index contributed by atoms with van der Waals surface area (Å²) in [4.78, 5) is 5.27. The number of piperazine rings is 1. The predicted molar refractivity (Wildman–Crippen MR) is 75.4 cm³/mol. The van der Waals surface area contributed by atoms with E-state index < -0.39 is 0 Å². The van der Waals surface area contributed by atoms with E-state index in [1.807, 2.05) is 6.08 Å². The molecule has 2 heteroatoms. The van der Waals surface area contributed by atoms with E-state index in [1.54, 1.807) is 0 Å². The Kier molecular flexibility index (Phi) is 3.48. The highest BCUT2D eigenvalue weighted by Crippen LogP contribution is 2.31. The van der Waals surface area contributed by atoms with Gasteiger partial charge in [0.25, 0.3) is 0 Å². The molecule has 2 bridgehead atoms. The molecule has 3 rings (SSSR count). The first-order valence-electron chi connectivity index (χ1n) is 7.00. The van der Waals surface area contributed by atoms with Crippen molar-refractivity contribution in [1.29, 1.82) is 0 Å². The number of nitrogens with zero attached hydrogens (tertiary/aromatic N) is 2. The lowest BCUT2D eigenvalue weighted by atomic mass is 10.1. The molecule has 0 aromatic heterocycles. The standard InChI is InChI=1S/C16H22N2/c1-2-10-17-12-15-8-9-16(13-17)18(15)11-14-6-4-3-5-7-14/h2-7,15-16H,1,8-13H2/t15-,16+. The van der Waals surface area contributed by atoms with E-state index in [0.717, 1.165) is 25.2 Å². The van der Waals surface area contributed by atoms with E-state index in [0.29, 0.717) is 0 Å². The fraction of sp³-hybridized carbons (Fsp3) is 0.500. The molecule has 0 saturated carbocycles. The third-order valence-electron chi connectivity index (χ3n) is 4.30. The third kappa shape index (κ3) is 2.36. The molecule has 18 heavy (non-hydrogen) atoms. The monoisotopic (exact) mass is 242 g/mol. The first-order valence-corrected chi connectivity index (χ1v) is 7.00. The highest BCUT2D eigenvalue weighted by atomic mass is 15.3. The van der Waals surface area contributed by atoms with Crippen LogP contribution in [-0.2, 0) is 6.54 Å². The van der Waals surface area contributed by atoms with Crippen molar-refractivity contribution in [3.05, 3.63) is 48.6 Å². The quantitative estimate of drug-likeness (QED) is 0.749. The fourth-order valence-electron chi connectivity index (χ4n) is 3.46. The number of hydrogen-bond donors (Lipinski definition) is 0. The largest absolute Gasteiger partial charge is 0.297 e. The molecule has 0 unspecified atom stereocenters. The summed E-state index contributed by atoms with van der Waals surface area (Å²) in [5.41, 5.74) is 1.45. The molecular formula is C16H22N2. The van der Waals surface area contributed by atoms with Crippen molar-refractivity contribution < 1.29 is 0 Å². The molecule has 1 aromatic rings. The second-order valence-corrected chi connectivity index (χ2v) is 5.55. The maximum absolute atomic E-state index is 3.86. The predicted octanol–water partition coefficient (Wildman–Crippen LogP) is 2.52. The number of rotatable bonds is 4. The Bertz CT molecular complexity index is 387. The minimum absolute atomic E-state index is 0.754. The van der Waals surface area contributed by atoms with E-state index >= 15 is 0 Å². The van der Waals surface area contributed by atoms with Gasteiger partial charge < -0.3 is 0 Å². The van der Waals surface area contributed by atoms with E-state index in [9.17, 15) is 0 Å². The average Bonchev–Trinajstić information content (AvgIpc) is 2.63. The first-order chi connectivity index (χ1) is 8.86. The molecule has 0 amide bonds. The van der Waals surface area contributed by atoms with Crippen LogP contribution < -0.4 is 0 Å². The van der Waals surface area contributed by atoms with E-state index in [1.165, 1.54) is 31.5 Å². The molecule has 2 atom stereocenters. The van der Waals surface area contributed by atoms with E-state index in [2.05, 4.69) is 46.7 Å². The Morgan fingerprint density at radius 1 is 1.11 bits per heavy atom. The summed E-state index contributed by atoms with van der Waals surface area (Å²) in [5, 5.41) is 0. The zero-order chi connectivity index (χ0) is 12.4. The molecule has 2 heterocycles. The lowest BCUT2D eigenvalue weighted by molar-refractivity contribution is 0.0678. The Hall–Kier alpha value is -1.12. The van der Waals surface area contributed by atoms with Crippen molar-refractivity contribution in [2.75, 3.05) is 19.6 Å². The van der Waals surface area contributed by atoms with Crippen molar-refractivity contribution in [3.63, 3.8) is 0 Å². The minimum Gasteiger partial charge on any atom is -0.297 e. The van der Waals surface area contributed by atoms with Crippen LogP contribution in [0.3, 0.4) is 0 Å². The van der Waals surface area contributed by atoms with Gasteiger partial charge in [0.15, 0.2) is 0 Å². The van der Waals surface area contributed by atoms with Gasteiger partial charge in [-0.1, -0.05) is 36.4 Å². The van der Waals surface area contributed by atoms with Gasteiger partial charge in [0, 0.05) is 38.3 Å². The van der Waals surface area contributed by atoms with Crippen LogP contribution in [0.1, 0.15) is 18.4 Å². The van der Waals surface area contributed by atoms with Gasteiger partial charge >= 0.3 is 0 Å². The summed E-state index contributed by atoms with van der Waals surface area (Å²) in [5.74, 6) is 0. The smallest absolute Gasteiger partial charge is 0.0240 e. The van der Waals surface area contributed by atoms with Crippen LogP contribution >= 0.6 is 0 Å². The molecule has 2 fully saturated rings. The molecule has 2 aliphatic rings. The first kappa shape index (κ1) is 11.9. The van der Waals surface area contributed by atoms with Gasteiger partial charge in [-0.05, 0) is 18.4 Å². The second-order valence-electron chi connectivity index (χ2n) is 5.55. The van der Waals surface area contributed by atoms with Crippen LogP contribution in [0.5, 0.6) is 0 Å². The normalized spacial score (nSPS) is 28.4. The second kappa shape index (κ2) is 5.25. The summed E-state index contributed by atoms with van der Waals surface area (Å²) < 4.78 is 0. The number of likely N-dealkylation sites (tertiary alicyclic amines) is 1. The summed E-state index contributed by atoms with van der Waals surface area (Å²) in [6, 6.07) is 12.4. The van der Waals surface area contributed by atoms with Gasteiger partial charge in [-0.3, -0.25) is 9.80 Å². The van der Waals surface area contributed by atoms with Crippen molar-refractivity contribution in [1.82, 2.24) is 9.80 Å². The summed E-state index contributed by atoms with van der Waals surface area (Å²) >= 11 is 0. The Morgan fingerprint density at radius 3 is 2.39 bits per heavy atom. The number of fused-ring (bicyclic) bond motifs is 2. The molecule has 0 radical (unpaired) electrons. The highest BCUT2D eigenvalue weighted by Gasteiger charge is 2.39. The molecule has 96 valence electrons. The topological polar surface area (TPSA) is 6.48 Å². The zero-order valence-corrected chi connectivity index (χ0v) is 11.0. The van der Waals surface area contributed by atoms with Gasteiger partial charge in [-0.25, -0.2) is 0 Å². The molecule has 0 N–H and O–H groups in total. The van der Waals surface area contributed by atoms with Crippen LogP contribution in [0, 0.1) is 0 Å². The molecule has 2 aliphatic heterocycles. The van der Waals surface area contributed by atoms with Crippen LogP contribution in [0.2, 0.25) is 0 Å².